The van der Waals surface area contributed by atoms with Crippen molar-refractivity contribution in [1.29, 1.82) is 5.26 Å². The summed E-state index contributed by atoms with van der Waals surface area (Å²) in [7, 11) is 0. The molecule has 2 fully saturated rings. The summed E-state index contributed by atoms with van der Waals surface area (Å²) in [6.45, 7) is 10.4. The van der Waals surface area contributed by atoms with E-state index in [1.807, 2.05) is 6.92 Å². The van der Waals surface area contributed by atoms with Crippen LogP contribution < -0.4 is 0 Å². The molecule has 148 valence electrons. The van der Waals surface area contributed by atoms with Crippen LogP contribution in [0, 0.1) is 45.8 Å². The first-order valence-electron chi connectivity index (χ1n) is 9.36. The molecule has 0 aromatic carbocycles. The predicted molar refractivity (Wildman–Crippen MR) is 91.8 cm³/mol. The molecule has 2 saturated carbocycles. The lowest BCUT2D eigenvalue weighted by Gasteiger charge is -2.44. The molecule has 2 aliphatic rings. The van der Waals surface area contributed by atoms with Crippen molar-refractivity contribution >= 4 is 5.97 Å². The number of carbonyl (C=O) groups excluding carboxylic acids is 1. The van der Waals surface area contributed by atoms with E-state index >= 15 is 0 Å². The van der Waals surface area contributed by atoms with Gasteiger partial charge in [0.25, 0.3) is 0 Å². The van der Waals surface area contributed by atoms with Crippen molar-refractivity contribution in [2.24, 2.45) is 34.5 Å². The van der Waals surface area contributed by atoms with Crippen LogP contribution in [0.25, 0.3) is 0 Å². The van der Waals surface area contributed by atoms with Crippen LogP contribution in [0.3, 0.4) is 0 Å². The highest BCUT2D eigenvalue weighted by Crippen LogP contribution is 2.67. The molecule has 0 aliphatic heterocycles. The Kier molecular flexibility index (Phi) is 5.20. The summed E-state index contributed by atoms with van der Waals surface area (Å²) in [5.41, 5.74) is -3.94. The van der Waals surface area contributed by atoms with Crippen LogP contribution in [0.1, 0.15) is 67.2 Å². The van der Waals surface area contributed by atoms with Crippen molar-refractivity contribution in [2.75, 3.05) is 0 Å². The molecule has 0 amide bonds. The van der Waals surface area contributed by atoms with Crippen molar-refractivity contribution in [3.05, 3.63) is 0 Å². The number of hydrogen-bond acceptors (Lipinski definition) is 3. The van der Waals surface area contributed by atoms with Crippen molar-refractivity contribution in [3.8, 4) is 6.07 Å². The summed E-state index contributed by atoms with van der Waals surface area (Å²) in [4.78, 5) is 12.7. The van der Waals surface area contributed by atoms with Gasteiger partial charge in [0.2, 0.25) is 0 Å². The zero-order valence-electron chi connectivity index (χ0n) is 16.5. The molecule has 0 aromatic heterocycles. The lowest BCUT2D eigenvalue weighted by molar-refractivity contribution is -0.259. The minimum absolute atomic E-state index is 0.121. The van der Waals surface area contributed by atoms with Crippen molar-refractivity contribution in [3.63, 3.8) is 0 Å². The van der Waals surface area contributed by atoms with Gasteiger partial charge in [-0.25, -0.2) is 0 Å². The van der Waals surface area contributed by atoms with E-state index in [-0.39, 0.29) is 24.2 Å². The van der Waals surface area contributed by atoms with Crippen LogP contribution in [0.2, 0.25) is 0 Å². The Morgan fingerprint density at radius 2 is 1.81 bits per heavy atom. The van der Waals surface area contributed by atoms with Crippen LogP contribution in [-0.4, -0.2) is 17.7 Å². The minimum Gasteiger partial charge on any atom is -0.459 e. The first-order chi connectivity index (χ1) is 11.6. The highest BCUT2D eigenvalue weighted by atomic mass is 19.4. The van der Waals surface area contributed by atoms with E-state index in [1.54, 1.807) is 34.6 Å². The van der Waals surface area contributed by atoms with Gasteiger partial charge in [-0.2, -0.15) is 18.4 Å². The number of carbonyl (C=O) groups is 1. The fourth-order valence-electron chi connectivity index (χ4n) is 4.93. The van der Waals surface area contributed by atoms with Crippen LogP contribution >= 0.6 is 0 Å². The van der Waals surface area contributed by atoms with Gasteiger partial charge < -0.3 is 4.74 Å². The molecule has 5 atom stereocenters. The lowest BCUT2D eigenvalue weighted by atomic mass is 9.62. The smallest absolute Gasteiger partial charge is 0.405 e. The van der Waals surface area contributed by atoms with E-state index in [1.165, 1.54) is 0 Å². The second-order valence-electron chi connectivity index (χ2n) is 9.83. The maximum Gasteiger partial charge on any atom is 0.405 e. The summed E-state index contributed by atoms with van der Waals surface area (Å²) in [5.74, 6) is -2.08. The van der Waals surface area contributed by atoms with Gasteiger partial charge in [0.05, 0.1) is 11.5 Å². The highest BCUT2D eigenvalue weighted by molar-refractivity contribution is 5.79. The average molecular weight is 373 g/mol. The largest absolute Gasteiger partial charge is 0.459 e. The van der Waals surface area contributed by atoms with Gasteiger partial charge in [0.1, 0.15) is 5.60 Å². The molecule has 2 rings (SSSR count). The molecular weight excluding hydrogens is 343 g/mol. The summed E-state index contributed by atoms with van der Waals surface area (Å²) < 4.78 is 47.8. The number of nitrogens with zero attached hydrogens (tertiary/aromatic N) is 1. The molecule has 26 heavy (non-hydrogen) atoms. The van der Waals surface area contributed by atoms with Gasteiger partial charge in [0.15, 0.2) is 5.41 Å². The number of fused-ring (bicyclic) bond motifs is 2. The molecular formula is C20H30F3NO2. The van der Waals surface area contributed by atoms with Gasteiger partial charge in [-0.05, 0) is 84.0 Å². The SMILES string of the molecule is CC1C2CC(C1CCC(C)(C)C#N)C(C(=O)OC(C)(C)C)(C(F)(F)F)C2. The Bertz CT molecular complexity index is 600. The minimum atomic E-state index is -4.63. The van der Waals surface area contributed by atoms with Crippen LogP contribution in [0.4, 0.5) is 13.2 Å². The highest BCUT2D eigenvalue weighted by Gasteiger charge is 2.74. The van der Waals surface area contributed by atoms with E-state index in [4.69, 9.17) is 4.74 Å². The molecule has 0 N–H and O–H groups in total. The topological polar surface area (TPSA) is 50.1 Å². The Labute approximate surface area is 154 Å². The predicted octanol–water partition coefficient (Wildman–Crippen LogP) is 5.50. The van der Waals surface area contributed by atoms with Gasteiger partial charge in [-0.1, -0.05) is 6.92 Å². The van der Waals surface area contributed by atoms with Crippen molar-refractivity contribution < 1.29 is 22.7 Å². The average Bonchev–Trinajstić information content (AvgIpc) is 2.99. The molecule has 2 bridgehead atoms. The zero-order valence-corrected chi connectivity index (χ0v) is 16.5. The van der Waals surface area contributed by atoms with E-state index in [2.05, 4.69) is 6.07 Å². The third-order valence-corrected chi connectivity index (χ3v) is 6.38. The van der Waals surface area contributed by atoms with Crippen molar-refractivity contribution in [1.82, 2.24) is 0 Å². The van der Waals surface area contributed by atoms with E-state index in [0.29, 0.717) is 19.3 Å². The Morgan fingerprint density at radius 1 is 1.23 bits per heavy atom. The molecule has 5 unspecified atom stereocenters. The number of halogens is 3. The quantitative estimate of drug-likeness (QED) is 0.612. The number of alkyl halides is 3. The van der Waals surface area contributed by atoms with E-state index in [0.717, 1.165) is 0 Å². The summed E-state index contributed by atoms with van der Waals surface area (Å²) >= 11 is 0. The maximum absolute atomic E-state index is 14.2. The molecule has 0 aromatic rings. The van der Waals surface area contributed by atoms with Crippen LogP contribution in [0.15, 0.2) is 0 Å². The Hall–Kier alpha value is -1.25. The molecule has 2 aliphatic carbocycles. The third-order valence-electron chi connectivity index (χ3n) is 6.38. The van der Waals surface area contributed by atoms with Gasteiger partial charge in [-0.15, -0.1) is 0 Å². The molecule has 6 heteroatoms. The Balaban J connectivity index is 2.34. The molecule has 0 saturated heterocycles. The Morgan fingerprint density at radius 3 is 2.23 bits per heavy atom. The normalized spacial score (nSPS) is 34.6. The fraction of sp³-hybridized carbons (Fsp3) is 0.900. The number of esters is 1. The second kappa shape index (κ2) is 6.42. The van der Waals surface area contributed by atoms with E-state index in [9.17, 15) is 23.2 Å². The third kappa shape index (κ3) is 3.59. The zero-order chi connectivity index (χ0) is 20.1. The van der Waals surface area contributed by atoms with E-state index < -0.39 is 34.5 Å². The standard InChI is InChI=1S/C20H30F3NO2/c1-12-13-9-15(14(12)7-8-18(5,6)11-24)19(10-13,20(21,22)23)16(25)26-17(2,3)4/h12-15H,7-10H2,1-6H3. The van der Waals surface area contributed by atoms with Crippen LogP contribution in [-0.2, 0) is 9.53 Å². The second-order valence-corrected chi connectivity index (χ2v) is 9.83. The summed E-state index contributed by atoms with van der Waals surface area (Å²) in [5, 5.41) is 9.21. The summed E-state index contributed by atoms with van der Waals surface area (Å²) in [6.07, 6.45) is -3.32. The fourth-order valence-corrected chi connectivity index (χ4v) is 4.93. The van der Waals surface area contributed by atoms with Gasteiger partial charge in [-0.3, -0.25) is 4.79 Å². The van der Waals surface area contributed by atoms with Crippen LogP contribution in [0.5, 0.6) is 0 Å². The summed E-state index contributed by atoms with van der Waals surface area (Å²) in [6, 6.07) is 2.22. The number of rotatable bonds is 4. The van der Waals surface area contributed by atoms with Crippen molar-refractivity contribution in [2.45, 2.75) is 79.0 Å². The molecule has 0 spiro atoms. The first-order valence-corrected chi connectivity index (χ1v) is 9.36. The van der Waals surface area contributed by atoms with Gasteiger partial charge in [0, 0.05) is 0 Å². The first kappa shape index (κ1) is 21.1. The monoisotopic (exact) mass is 373 g/mol. The number of hydrogen-bond donors (Lipinski definition) is 0. The number of nitriles is 1. The molecule has 0 heterocycles. The maximum atomic E-state index is 14.2. The van der Waals surface area contributed by atoms with Gasteiger partial charge >= 0.3 is 12.1 Å². The molecule has 3 nitrogen and oxygen atoms in total. The molecule has 0 radical (unpaired) electrons. The number of ether oxygens (including phenoxy) is 1. The lowest BCUT2D eigenvalue weighted by Crippen LogP contribution is -2.54.